The Kier molecular flexibility index (Phi) is 46.0. The van der Waals surface area contributed by atoms with E-state index in [0.29, 0.717) is 19.3 Å². The fourth-order valence-corrected chi connectivity index (χ4v) is 6.70. The van der Waals surface area contributed by atoms with E-state index in [2.05, 4.69) is 93.7 Å². The van der Waals surface area contributed by atoms with Gasteiger partial charge in [0.1, 0.15) is 13.2 Å². The SMILES string of the molecule is CC/C=C\C/C=C\C/C=C\C/C=C\C/C=C\CCCCCC(=O)OCC(COC(=O)CCCCCCCCCCCC)OC(=O)CCCCC/C=C\CCCCCCCC. The number of carbonyl (C=O) groups is 3. The largest absolute Gasteiger partial charge is 0.462 e. The third kappa shape index (κ3) is 45.9. The van der Waals surface area contributed by atoms with Gasteiger partial charge in [-0.15, -0.1) is 0 Å². The van der Waals surface area contributed by atoms with Gasteiger partial charge < -0.3 is 14.2 Å². The third-order valence-electron chi connectivity index (χ3n) is 10.4. The van der Waals surface area contributed by atoms with Gasteiger partial charge in [0.2, 0.25) is 0 Å². The van der Waals surface area contributed by atoms with E-state index in [9.17, 15) is 14.4 Å². The molecule has 0 heterocycles. The van der Waals surface area contributed by atoms with Gasteiger partial charge in [0.15, 0.2) is 6.10 Å². The van der Waals surface area contributed by atoms with Gasteiger partial charge in [-0.2, -0.15) is 0 Å². The molecule has 1 atom stereocenters. The van der Waals surface area contributed by atoms with Crippen molar-refractivity contribution in [2.45, 2.75) is 239 Å². The summed E-state index contributed by atoms with van der Waals surface area (Å²) in [4.78, 5) is 37.8. The zero-order chi connectivity index (χ0) is 43.7. The van der Waals surface area contributed by atoms with Gasteiger partial charge in [-0.05, 0) is 89.9 Å². The van der Waals surface area contributed by atoms with Gasteiger partial charge in [-0.1, -0.05) is 196 Å². The standard InChI is InChI=1S/C54H92O6/c1-4-7-10-13-16-19-22-24-25-26-27-28-29-31-32-35-38-41-44-47-53(56)59-50-51(49-58-52(55)46-43-40-37-34-21-18-15-12-9-6-3)60-54(57)48-45-42-39-36-33-30-23-20-17-14-11-8-5-2/h7,10,16,19,24-25,27-28,30-33,51H,4-6,8-9,11-15,17-18,20-23,26,29,34-50H2,1-3H3/b10-7-,19-16-,25-24-,28-27-,32-31-,33-30-. The van der Waals surface area contributed by atoms with Gasteiger partial charge in [-0.3, -0.25) is 14.4 Å². The third-order valence-corrected chi connectivity index (χ3v) is 10.4. The molecule has 1 unspecified atom stereocenters. The van der Waals surface area contributed by atoms with Crippen molar-refractivity contribution in [3.05, 3.63) is 72.9 Å². The van der Waals surface area contributed by atoms with Crippen molar-refractivity contribution < 1.29 is 28.6 Å². The van der Waals surface area contributed by atoms with Gasteiger partial charge in [0, 0.05) is 19.3 Å². The van der Waals surface area contributed by atoms with Crippen LogP contribution in [0.2, 0.25) is 0 Å². The molecule has 0 aliphatic heterocycles. The summed E-state index contributed by atoms with van der Waals surface area (Å²) < 4.78 is 16.7. The van der Waals surface area contributed by atoms with Crippen LogP contribution in [0.1, 0.15) is 233 Å². The summed E-state index contributed by atoms with van der Waals surface area (Å²) in [5, 5.41) is 0. The van der Waals surface area contributed by atoms with Crippen molar-refractivity contribution in [1.82, 2.24) is 0 Å². The van der Waals surface area contributed by atoms with Gasteiger partial charge in [-0.25, -0.2) is 0 Å². The molecule has 0 rings (SSSR count). The molecule has 344 valence electrons. The highest BCUT2D eigenvalue weighted by Crippen LogP contribution is 2.13. The lowest BCUT2D eigenvalue weighted by molar-refractivity contribution is -0.167. The highest BCUT2D eigenvalue weighted by Gasteiger charge is 2.19. The molecule has 60 heavy (non-hydrogen) atoms. The van der Waals surface area contributed by atoms with Gasteiger partial charge in [0.25, 0.3) is 0 Å². The maximum absolute atomic E-state index is 12.7. The fraction of sp³-hybridized carbons (Fsp3) is 0.722. The second kappa shape index (κ2) is 48.5. The molecule has 0 bridgehead atoms. The minimum atomic E-state index is -0.793. The first kappa shape index (κ1) is 56.9. The summed E-state index contributed by atoms with van der Waals surface area (Å²) in [7, 11) is 0. The molecule has 0 aromatic heterocycles. The number of rotatable bonds is 44. The molecule has 0 spiro atoms. The van der Waals surface area contributed by atoms with Crippen molar-refractivity contribution in [2.75, 3.05) is 13.2 Å². The van der Waals surface area contributed by atoms with E-state index in [1.54, 1.807) is 0 Å². The maximum atomic E-state index is 12.7. The molecule has 6 nitrogen and oxygen atoms in total. The van der Waals surface area contributed by atoms with E-state index in [-0.39, 0.29) is 31.1 Å². The Labute approximate surface area is 370 Å². The van der Waals surface area contributed by atoms with Crippen LogP contribution in [0.3, 0.4) is 0 Å². The van der Waals surface area contributed by atoms with Crippen LogP contribution in [0.5, 0.6) is 0 Å². The van der Waals surface area contributed by atoms with Crippen molar-refractivity contribution >= 4 is 17.9 Å². The Balaban J connectivity index is 4.42. The molecule has 0 saturated heterocycles. The predicted octanol–water partition coefficient (Wildman–Crippen LogP) is 16.3. The summed E-state index contributed by atoms with van der Waals surface area (Å²) in [5.74, 6) is -0.943. The van der Waals surface area contributed by atoms with E-state index in [0.717, 1.165) is 109 Å². The van der Waals surface area contributed by atoms with Crippen LogP contribution < -0.4 is 0 Å². The van der Waals surface area contributed by atoms with E-state index in [1.807, 2.05) is 0 Å². The summed E-state index contributed by atoms with van der Waals surface area (Å²) in [5.41, 5.74) is 0. The zero-order valence-electron chi connectivity index (χ0n) is 39.2. The molecular weight excluding hydrogens is 745 g/mol. The number of carbonyl (C=O) groups excluding carboxylic acids is 3. The molecule has 0 aliphatic rings. The molecule has 6 heteroatoms. The Morgan fingerprint density at radius 3 is 1.05 bits per heavy atom. The van der Waals surface area contributed by atoms with E-state index in [4.69, 9.17) is 14.2 Å². The average molecular weight is 837 g/mol. The minimum absolute atomic E-state index is 0.0910. The molecule has 0 N–H and O–H groups in total. The fourth-order valence-electron chi connectivity index (χ4n) is 6.70. The second-order valence-corrected chi connectivity index (χ2v) is 16.3. The summed E-state index contributed by atoms with van der Waals surface area (Å²) in [6.45, 7) is 6.46. The number of hydrogen-bond donors (Lipinski definition) is 0. The molecule has 0 aromatic carbocycles. The molecule has 0 amide bonds. The topological polar surface area (TPSA) is 78.9 Å². The van der Waals surface area contributed by atoms with Crippen molar-refractivity contribution in [3.63, 3.8) is 0 Å². The average Bonchev–Trinajstić information content (AvgIpc) is 3.24. The molecule has 0 fully saturated rings. The smallest absolute Gasteiger partial charge is 0.306 e. The normalized spacial score (nSPS) is 12.7. The van der Waals surface area contributed by atoms with Crippen LogP contribution in [-0.2, 0) is 28.6 Å². The van der Waals surface area contributed by atoms with E-state index >= 15 is 0 Å². The monoisotopic (exact) mass is 837 g/mol. The Hall–Kier alpha value is -3.15. The molecule has 0 aromatic rings. The molecule has 0 saturated carbocycles. The van der Waals surface area contributed by atoms with Crippen LogP contribution in [-0.4, -0.2) is 37.2 Å². The van der Waals surface area contributed by atoms with Crippen LogP contribution in [0.15, 0.2) is 72.9 Å². The van der Waals surface area contributed by atoms with E-state index < -0.39 is 6.10 Å². The lowest BCUT2D eigenvalue weighted by Crippen LogP contribution is -2.30. The number of ether oxygens (including phenoxy) is 3. The summed E-state index contributed by atoms with van der Waals surface area (Å²) in [6.07, 6.45) is 60.3. The van der Waals surface area contributed by atoms with Gasteiger partial charge >= 0.3 is 17.9 Å². The first-order valence-corrected chi connectivity index (χ1v) is 24.9. The van der Waals surface area contributed by atoms with E-state index in [1.165, 1.54) is 83.5 Å². The van der Waals surface area contributed by atoms with Crippen molar-refractivity contribution in [3.8, 4) is 0 Å². The number of allylic oxidation sites excluding steroid dienone is 12. The summed E-state index contributed by atoms with van der Waals surface area (Å²) >= 11 is 0. The summed E-state index contributed by atoms with van der Waals surface area (Å²) in [6, 6.07) is 0. The van der Waals surface area contributed by atoms with Crippen molar-refractivity contribution in [2.24, 2.45) is 0 Å². The highest BCUT2D eigenvalue weighted by molar-refractivity contribution is 5.71. The number of esters is 3. The Bertz CT molecular complexity index is 1140. The lowest BCUT2D eigenvalue weighted by atomic mass is 10.1. The zero-order valence-corrected chi connectivity index (χ0v) is 39.2. The van der Waals surface area contributed by atoms with Crippen LogP contribution >= 0.6 is 0 Å². The quantitative estimate of drug-likeness (QED) is 0.0263. The maximum Gasteiger partial charge on any atom is 0.306 e. The number of unbranched alkanes of at least 4 members (excludes halogenated alkanes) is 21. The van der Waals surface area contributed by atoms with Crippen LogP contribution in [0.4, 0.5) is 0 Å². The second-order valence-electron chi connectivity index (χ2n) is 16.3. The predicted molar refractivity (Wildman–Crippen MR) is 256 cm³/mol. The van der Waals surface area contributed by atoms with Gasteiger partial charge in [0.05, 0.1) is 0 Å². The highest BCUT2D eigenvalue weighted by atomic mass is 16.6. The first-order chi connectivity index (χ1) is 29.5. The number of hydrogen-bond acceptors (Lipinski definition) is 6. The lowest BCUT2D eigenvalue weighted by Gasteiger charge is -2.18. The molecular formula is C54H92O6. The molecule has 0 radical (unpaired) electrons. The van der Waals surface area contributed by atoms with Crippen molar-refractivity contribution in [1.29, 1.82) is 0 Å². The minimum Gasteiger partial charge on any atom is -0.462 e. The molecule has 0 aliphatic carbocycles. The van der Waals surface area contributed by atoms with Crippen LogP contribution in [0, 0.1) is 0 Å². The van der Waals surface area contributed by atoms with Crippen LogP contribution in [0.25, 0.3) is 0 Å². The Morgan fingerprint density at radius 2 is 0.650 bits per heavy atom. The Morgan fingerprint density at radius 1 is 0.350 bits per heavy atom. The first-order valence-electron chi connectivity index (χ1n) is 24.9.